The van der Waals surface area contributed by atoms with Gasteiger partial charge in [0.15, 0.2) is 5.65 Å². The highest BCUT2D eigenvalue weighted by atomic mass is 35.5. The third-order valence-corrected chi connectivity index (χ3v) is 4.87. The van der Waals surface area contributed by atoms with E-state index in [0.717, 1.165) is 16.7 Å². The molecule has 2 aromatic heterocycles. The van der Waals surface area contributed by atoms with Gasteiger partial charge in [-0.05, 0) is 36.4 Å². The Balaban J connectivity index is 1.57. The molecule has 4 rings (SSSR count). The molecule has 1 N–H and O–H groups in total. The molecule has 2 aromatic carbocycles. The predicted molar refractivity (Wildman–Crippen MR) is 116 cm³/mol. The van der Waals surface area contributed by atoms with Crippen LogP contribution in [0.15, 0.2) is 60.9 Å². The Morgan fingerprint density at radius 3 is 2.73 bits per heavy atom. The number of nitrogens with one attached hydrogen (secondary N) is 1. The Kier molecular flexibility index (Phi) is 5.54. The Morgan fingerprint density at radius 1 is 1.10 bits per heavy atom. The van der Waals surface area contributed by atoms with Crippen LogP contribution in [-0.4, -0.2) is 34.9 Å². The number of carbonyl (C=O) groups excluding carboxylic acids is 1. The molecule has 0 radical (unpaired) electrons. The number of carbonyl (C=O) groups is 1. The minimum atomic E-state index is -0.267. The zero-order chi connectivity index (χ0) is 21.1. The van der Waals surface area contributed by atoms with Gasteiger partial charge in [0.1, 0.15) is 11.5 Å². The maximum Gasteiger partial charge on any atom is 0.257 e. The van der Waals surface area contributed by atoms with E-state index in [1.807, 2.05) is 18.2 Å². The van der Waals surface area contributed by atoms with Gasteiger partial charge in [0.25, 0.3) is 5.91 Å². The molecule has 2 heterocycles. The quantitative estimate of drug-likeness (QED) is 0.498. The van der Waals surface area contributed by atoms with Crippen LogP contribution in [0.25, 0.3) is 11.0 Å². The van der Waals surface area contributed by atoms with Crippen molar-refractivity contribution in [2.75, 3.05) is 19.5 Å². The fourth-order valence-corrected chi connectivity index (χ4v) is 3.32. The van der Waals surface area contributed by atoms with Gasteiger partial charge in [0, 0.05) is 33.9 Å². The van der Waals surface area contributed by atoms with E-state index >= 15 is 0 Å². The summed E-state index contributed by atoms with van der Waals surface area (Å²) in [5.41, 5.74) is 2.67. The normalized spacial score (nSPS) is 10.8. The summed E-state index contributed by atoms with van der Waals surface area (Å²) in [6, 6.07) is 14.4. The molecule has 0 unspecified atom stereocenters. The lowest BCUT2D eigenvalue weighted by molar-refractivity contribution is 0.102. The van der Waals surface area contributed by atoms with E-state index in [-0.39, 0.29) is 5.91 Å². The van der Waals surface area contributed by atoms with Crippen LogP contribution >= 0.6 is 11.6 Å². The number of ether oxygens (including phenoxy) is 2. The summed E-state index contributed by atoms with van der Waals surface area (Å²) in [5.74, 6) is 1.15. The van der Waals surface area contributed by atoms with Crippen molar-refractivity contribution in [3.8, 4) is 11.5 Å². The zero-order valence-electron chi connectivity index (χ0n) is 16.4. The van der Waals surface area contributed by atoms with Crippen LogP contribution in [0.2, 0.25) is 5.02 Å². The minimum Gasteiger partial charge on any atom is -0.497 e. The first-order valence-electron chi connectivity index (χ1n) is 9.17. The van der Waals surface area contributed by atoms with E-state index < -0.39 is 0 Å². The van der Waals surface area contributed by atoms with Crippen molar-refractivity contribution in [2.24, 2.45) is 0 Å². The molecular formula is C22H19ClN4O3. The van der Waals surface area contributed by atoms with Gasteiger partial charge in [-0.15, -0.1) is 0 Å². The van der Waals surface area contributed by atoms with Crippen molar-refractivity contribution in [2.45, 2.75) is 6.54 Å². The Morgan fingerprint density at radius 2 is 1.97 bits per heavy atom. The summed E-state index contributed by atoms with van der Waals surface area (Å²) in [4.78, 5) is 17.0. The average molecular weight is 423 g/mol. The van der Waals surface area contributed by atoms with Crippen molar-refractivity contribution in [3.63, 3.8) is 0 Å². The number of nitrogens with zero attached hydrogens (tertiary/aromatic N) is 3. The van der Waals surface area contributed by atoms with Crippen LogP contribution < -0.4 is 14.8 Å². The first-order chi connectivity index (χ1) is 14.6. The fraction of sp³-hybridized carbons (Fsp3) is 0.136. The molecular weight excluding hydrogens is 404 g/mol. The van der Waals surface area contributed by atoms with Gasteiger partial charge in [0.05, 0.1) is 32.5 Å². The molecule has 1 amide bonds. The molecule has 0 atom stereocenters. The lowest BCUT2D eigenvalue weighted by atomic mass is 10.2. The Bertz CT molecular complexity index is 1220. The number of hydrogen-bond donors (Lipinski definition) is 1. The first-order valence-corrected chi connectivity index (χ1v) is 9.54. The molecule has 0 aliphatic rings. The number of anilines is 1. The van der Waals surface area contributed by atoms with Crippen LogP contribution in [0.5, 0.6) is 11.5 Å². The summed E-state index contributed by atoms with van der Waals surface area (Å²) in [6.45, 7) is 0.470. The summed E-state index contributed by atoms with van der Waals surface area (Å²) in [7, 11) is 3.22. The number of pyridine rings is 1. The van der Waals surface area contributed by atoms with Crippen LogP contribution in [0, 0.1) is 0 Å². The molecule has 7 nitrogen and oxygen atoms in total. The fourth-order valence-electron chi connectivity index (χ4n) is 3.13. The van der Waals surface area contributed by atoms with Gasteiger partial charge in [-0.1, -0.05) is 17.7 Å². The van der Waals surface area contributed by atoms with Crippen molar-refractivity contribution >= 4 is 34.2 Å². The summed E-state index contributed by atoms with van der Waals surface area (Å²) < 4.78 is 12.5. The van der Waals surface area contributed by atoms with Gasteiger partial charge < -0.3 is 14.8 Å². The lowest BCUT2D eigenvalue weighted by Gasteiger charge is -2.11. The van der Waals surface area contributed by atoms with E-state index in [0.29, 0.717) is 34.2 Å². The van der Waals surface area contributed by atoms with Crippen LogP contribution in [0.3, 0.4) is 0 Å². The number of hydrogen-bond acceptors (Lipinski definition) is 5. The number of fused-ring (bicyclic) bond motifs is 1. The summed E-state index contributed by atoms with van der Waals surface area (Å²) in [6.07, 6.45) is 3.22. The number of benzene rings is 2. The first kappa shape index (κ1) is 19.7. The minimum absolute atomic E-state index is 0.267. The highest BCUT2D eigenvalue weighted by molar-refractivity contribution is 6.31. The number of methoxy groups -OCH3 is 2. The second-order valence-corrected chi connectivity index (χ2v) is 7.02. The second kappa shape index (κ2) is 8.42. The Hall–Kier alpha value is -3.58. The van der Waals surface area contributed by atoms with Gasteiger partial charge in [-0.25, -0.2) is 9.67 Å². The average Bonchev–Trinajstić information content (AvgIpc) is 3.16. The molecule has 0 fully saturated rings. The number of rotatable bonds is 6. The van der Waals surface area contributed by atoms with Gasteiger partial charge >= 0.3 is 0 Å². The number of aromatic nitrogens is 3. The van der Waals surface area contributed by atoms with Gasteiger partial charge in [-0.3, -0.25) is 4.79 Å². The van der Waals surface area contributed by atoms with E-state index in [9.17, 15) is 4.79 Å². The SMILES string of the molecule is COc1ccc(Cn2ncc3cc(C(=O)Nc4cccc(Cl)c4)cnc32)c(OC)c1. The standard InChI is InChI=1S/C22H19ClN4O3/c1-29-19-7-6-14(20(10-19)30-2)13-27-21-15(12-25-27)8-16(11-24-21)22(28)26-18-5-3-4-17(23)9-18/h3-12H,13H2,1-2H3,(H,26,28). The Labute approximate surface area is 178 Å². The monoisotopic (exact) mass is 422 g/mol. The van der Waals surface area contributed by atoms with Crippen molar-refractivity contribution in [1.29, 1.82) is 0 Å². The predicted octanol–water partition coefficient (Wildman–Crippen LogP) is 4.40. The molecule has 0 saturated heterocycles. The summed E-state index contributed by atoms with van der Waals surface area (Å²) in [5, 5.41) is 8.56. The zero-order valence-corrected chi connectivity index (χ0v) is 17.2. The van der Waals surface area contributed by atoms with Gasteiger partial charge in [0.2, 0.25) is 0 Å². The molecule has 30 heavy (non-hydrogen) atoms. The van der Waals surface area contributed by atoms with Crippen LogP contribution in [0.1, 0.15) is 15.9 Å². The molecule has 0 bridgehead atoms. The van der Waals surface area contributed by atoms with E-state index in [2.05, 4.69) is 15.4 Å². The van der Waals surface area contributed by atoms with E-state index in [1.54, 1.807) is 55.4 Å². The highest BCUT2D eigenvalue weighted by Gasteiger charge is 2.13. The molecule has 4 aromatic rings. The molecule has 0 aliphatic carbocycles. The lowest BCUT2D eigenvalue weighted by Crippen LogP contribution is -2.12. The van der Waals surface area contributed by atoms with E-state index in [1.165, 1.54) is 6.20 Å². The maximum atomic E-state index is 12.6. The topological polar surface area (TPSA) is 78.3 Å². The molecule has 152 valence electrons. The smallest absolute Gasteiger partial charge is 0.257 e. The second-order valence-electron chi connectivity index (χ2n) is 6.58. The maximum absolute atomic E-state index is 12.6. The van der Waals surface area contributed by atoms with Crippen molar-refractivity contribution < 1.29 is 14.3 Å². The molecule has 0 aliphatic heterocycles. The number of amides is 1. The van der Waals surface area contributed by atoms with Crippen LogP contribution in [-0.2, 0) is 6.54 Å². The highest BCUT2D eigenvalue weighted by Crippen LogP contribution is 2.26. The molecule has 0 spiro atoms. The van der Waals surface area contributed by atoms with Crippen LogP contribution in [0.4, 0.5) is 5.69 Å². The largest absolute Gasteiger partial charge is 0.497 e. The number of halogens is 1. The van der Waals surface area contributed by atoms with Gasteiger partial charge in [-0.2, -0.15) is 5.10 Å². The summed E-state index contributed by atoms with van der Waals surface area (Å²) >= 11 is 5.97. The third-order valence-electron chi connectivity index (χ3n) is 4.63. The molecule has 0 saturated carbocycles. The molecule has 8 heteroatoms. The van der Waals surface area contributed by atoms with Crippen molar-refractivity contribution in [1.82, 2.24) is 14.8 Å². The van der Waals surface area contributed by atoms with E-state index in [4.69, 9.17) is 21.1 Å². The van der Waals surface area contributed by atoms with Crippen molar-refractivity contribution in [3.05, 3.63) is 77.1 Å². The third kappa shape index (κ3) is 4.06.